The van der Waals surface area contributed by atoms with Gasteiger partial charge in [0.25, 0.3) is 0 Å². The number of benzene rings is 1. The van der Waals surface area contributed by atoms with E-state index in [-0.39, 0.29) is 27.2 Å². The van der Waals surface area contributed by atoms with Crippen LogP contribution in [0.1, 0.15) is 27.4 Å². The number of halogens is 3. The Morgan fingerprint density at radius 3 is 2.50 bits per heavy atom. The second-order valence-corrected chi connectivity index (χ2v) is 5.29. The van der Waals surface area contributed by atoms with Crippen molar-refractivity contribution >= 4 is 40.8 Å². The summed E-state index contributed by atoms with van der Waals surface area (Å²) in [5.41, 5.74) is 1.43. The molecule has 0 fully saturated rings. The molecule has 0 spiro atoms. The Balaban J connectivity index is 2.20. The van der Waals surface area contributed by atoms with E-state index in [0.29, 0.717) is 17.0 Å². The van der Waals surface area contributed by atoms with Crippen LogP contribution < -0.4 is 0 Å². The SMILES string of the molecule is Cc1noc(C)c1COC(=O)c1c(Cl)ccc(Cl)c1Cl. The summed E-state index contributed by atoms with van der Waals surface area (Å²) in [7, 11) is 0. The van der Waals surface area contributed by atoms with E-state index in [0.717, 1.165) is 0 Å². The molecule has 0 atom stereocenters. The molecule has 0 aliphatic carbocycles. The van der Waals surface area contributed by atoms with Gasteiger partial charge in [-0.05, 0) is 26.0 Å². The average molecular weight is 335 g/mol. The van der Waals surface area contributed by atoms with Crippen molar-refractivity contribution in [1.82, 2.24) is 5.16 Å². The third-order valence-electron chi connectivity index (χ3n) is 2.78. The van der Waals surface area contributed by atoms with Crippen molar-refractivity contribution in [3.63, 3.8) is 0 Å². The molecule has 0 aliphatic heterocycles. The summed E-state index contributed by atoms with van der Waals surface area (Å²) >= 11 is 17.8. The number of ether oxygens (including phenoxy) is 1. The van der Waals surface area contributed by atoms with E-state index in [9.17, 15) is 4.79 Å². The maximum Gasteiger partial charge on any atom is 0.341 e. The molecule has 20 heavy (non-hydrogen) atoms. The van der Waals surface area contributed by atoms with Crippen molar-refractivity contribution in [2.45, 2.75) is 20.5 Å². The fourth-order valence-corrected chi connectivity index (χ4v) is 2.31. The Bertz CT molecular complexity index is 648. The van der Waals surface area contributed by atoms with Crippen LogP contribution >= 0.6 is 34.8 Å². The number of aryl methyl sites for hydroxylation is 2. The van der Waals surface area contributed by atoms with Gasteiger partial charge in [-0.2, -0.15) is 0 Å². The van der Waals surface area contributed by atoms with Crippen molar-refractivity contribution in [3.8, 4) is 0 Å². The first-order chi connectivity index (χ1) is 9.41. The summed E-state index contributed by atoms with van der Waals surface area (Å²) in [6, 6.07) is 3.00. The molecule has 1 aromatic heterocycles. The van der Waals surface area contributed by atoms with Gasteiger partial charge in [0, 0.05) is 0 Å². The number of rotatable bonds is 3. The van der Waals surface area contributed by atoms with Crippen LogP contribution in [-0.4, -0.2) is 11.1 Å². The lowest BCUT2D eigenvalue weighted by atomic mass is 10.2. The van der Waals surface area contributed by atoms with Crippen molar-refractivity contribution in [1.29, 1.82) is 0 Å². The van der Waals surface area contributed by atoms with Gasteiger partial charge >= 0.3 is 5.97 Å². The monoisotopic (exact) mass is 333 g/mol. The Morgan fingerprint density at radius 2 is 1.90 bits per heavy atom. The Hall–Kier alpha value is -1.23. The Morgan fingerprint density at radius 1 is 1.25 bits per heavy atom. The highest BCUT2D eigenvalue weighted by molar-refractivity contribution is 6.46. The van der Waals surface area contributed by atoms with E-state index in [2.05, 4.69) is 5.16 Å². The van der Waals surface area contributed by atoms with Crippen molar-refractivity contribution < 1.29 is 14.1 Å². The zero-order valence-corrected chi connectivity index (χ0v) is 12.9. The third kappa shape index (κ3) is 2.92. The molecule has 106 valence electrons. The van der Waals surface area contributed by atoms with Crippen LogP contribution in [0, 0.1) is 13.8 Å². The fraction of sp³-hybridized carbons (Fsp3) is 0.231. The van der Waals surface area contributed by atoms with Crippen LogP contribution in [0.4, 0.5) is 0 Å². The molecule has 0 N–H and O–H groups in total. The number of carbonyl (C=O) groups is 1. The van der Waals surface area contributed by atoms with E-state index in [1.54, 1.807) is 13.8 Å². The smallest absolute Gasteiger partial charge is 0.341 e. The predicted molar refractivity (Wildman–Crippen MR) is 76.6 cm³/mol. The quantitative estimate of drug-likeness (QED) is 0.607. The van der Waals surface area contributed by atoms with E-state index < -0.39 is 5.97 Å². The molecule has 0 saturated carbocycles. The lowest BCUT2D eigenvalue weighted by molar-refractivity contribution is 0.0471. The van der Waals surface area contributed by atoms with Gasteiger partial charge in [0.1, 0.15) is 12.4 Å². The summed E-state index contributed by atoms with van der Waals surface area (Å²) in [6.07, 6.45) is 0. The number of hydrogen-bond donors (Lipinski definition) is 0. The molecule has 1 heterocycles. The second-order valence-electron chi connectivity index (χ2n) is 4.10. The third-order valence-corrected chi connectivity index (χ3v) is 3.90. The zero-order valence-electron chi connectivity index (χ0n) is 10.7. The Kier molecular flexibility index (Phi) is 4.58. The average Bonchev–Trinajstić information content (AvgIpc) is 2.72. The first-order valence-corrected chi connectivity index (χ1v) is 6.77. The molecule has 2 aromatic rings. The minimum absolute atomic E-state index is 0.0270. The molecule has 0 aliphatic rings. The van der Waals surface area contributed by atoms with Gasteiger partial charge in [0.2, 0.25) is 0 Å². The normalized spacial score (nSPS) is 10.7. The molecular formula is C13H10Cl3NO3. The van der Waals surface area contributed by atoms with E-state index in [1.165, 1.54) is 12.1 Å². The molecule has 7 heteroatoms. The molecule has 0 radical (unpaired) electrons. The molecule has 0 bridgehead atoms. The molecule has 0 saturated heterocycles. The highest BCUT2D eigenvalue weighted by atomic mass is 35.5. The van der Waals surface area contributed by atoms with Crippen LogP contribution in [0.3, 0.4) is 0 Å². The van der Waals surface area contributed by atoms with Gasteiger partial charge in [0.15, 0.2) is 0 Å². The van der Waals surface area contributed by atoms with Crippen LogP contribution in [0.2, 0.25) is 15.1 Å². The Labute approximate surface area is 130 Å². The topological polar surface area (TPSA) is 52.3 Å². The molecule has 4 nitrogen and oxygen atoms in total. The fourth-order valence-electron chi connectivity index (χ4n) is 1.63. The van der Waals surface area contributed by atoms with Crippen LogP contribution in [0.15, 0.2) is 16.7 Å². The summed E-state index contributed by atoms with van der Waals surface area (Å²) in [5.74, 6) is -0.0545. The zero-order chi connectivity index (χ0) is 14.9. The van der Waals surface area contributed by atoms with Gasteiger partial charge in [-0.3, -0.25) is 0 Å². The van der Waals surface area contributed by atoms with Gasteiger partial charge in [-0.25, -0.2) is 4.79 Å². The summed E-state index contributed by atoms with van der Waals surface area (Å²) < 4.78 is 10.2. The predicted octanol–water partition coefficient (Wildman–Crippen LogP) is 4.61. The minimum Gasteiger partial charge on any atom is -0.457 e. The van der Waals surface area contributed by atoms with Gasteiger partial charge < -0.3 is 9.26 Å². The van der Waals surface area contributed by atoms with E-state index in [4.69, 9.17) is 44.1 Å². The summed E-state index contributed by atoms with van der Waals surface area (Å²) in [4.78, 5) is 12.1. The second kappa shape index (κ2) is 6.04. The number of aromatic nitrogens is 1. The lowest BCUT2D eigenvalue weighted by Crippen LogP contribution is -2.08. The number of hydrogen-bond acceptors (Lipinski definition) is 4. The maximum absolute atomic E-state index is 12.1. The molecule has 0 unspecified atom stereocenters. The molecular weight excluding hydrogens is 325 g/mol. The van der Waals surface area contributed by atoms with Crippen LogP contribution in [-0.2, 0) is 11.3 Å². The standard InChI is InChI=1S/C13H10Cl3NO3/c1-6-8(7(2)20-17-6)5-19-13(18)11-9(14)3-4-10(15)12(11)16/h3-4H,5H2,1-2H3. The van der Waals surface area contributed by atoms with Gasteiger partial charge in [-0.1, -0.05) is 40.0 Å². The first-order valence-electron chi connectivity index (χ1n) is 5.64. The number of carbonyl (C=O) groups excluding carboxylic acids is 1. The van der Waals surface area contributed by atoms with Gasteiger partial charge in [-0.15, -0.1) is 0 Å². The highest BCUT2D eigenvalue weighted by Crippen LogP contribution is 2.32. The van der Waals surface area contributed by atoms with Crippen LogP contribution in [0.25, 0.3) is 0 Å². The lowest BCUT2D eigenvalue weighted by Gasteiger charge is -2.08. The minimum atomic E-state index is -0.650. The largest absolute Gasteiger partial charge is 0.457 e. The van der Waals surface area contributed by atoms with Gasteiger partial charge in [0.05, 0.1) is 31.9 Å². The number of nitrogens with zero attached hydrogens (tertiary/aromatic N) is 1. The van der Waals surface area contributed by atoms with Crippen molar-refractivity contribution in [2.24, 2.45) is 0 Å². The maximum atomic E-state index is 12.1. The summed E-state index contributed by atoms with van der Waals surface area (Å²) in [5, 5.41) is 4.27. The van der Waals surface area contributed by atoms with Crippen molar-refractivity contribution in [3.05, 3.63) is 49.8 Å². The van der Waals surface area contributed by atoms with E-state index in [1.807, 2.05) is 0 Å². The van der Waals surface area contributed by atoms with E-state index >= 15 is 0 Å². The summed E-state index contributed by atoms with van der Waals surface area (Å²) in [6.45, 7) is 3.53. The molecule has 0 amide bonds. The van der Waals surface area contributed by atoms with Crippen LogP contribution in [0.5, 0.6) is 0 Å². The highest BCUT2D eigenvalue weighted by Gasteiger charge is 2.20. The number of esters is 1. The molecule has 2 rings (SSSR count). The molecule has 1 aromatic carbocycles. The van der Waals surface area contributed by atoms with Crippen molar-refractivity contribution in [2.75, 3.05) is 0 Å². The first kappa shape index (κ1) is 15.2.